The first-order valence-electron chi connectivity index (χ1n) is 7.84. The molecule has 0 atom stereocenters. The minimum atomic E-state index is -0.251. The SMILES string of the molecule is O=C(Nc1cc(Cl)ccc1C(=O)NN1CCCCC1)c1cccs1. The van der Waals surface area contributed by atoms with Crippen LogP contribution in [-0.2, 0) is 0 Å². The molecule has 2 amide bonds. The first-order valence-corrected chi connectivity index (χ1v) is 9.09. The van der Waals surface area contributed by atoms with Crippen LogP contribution in [0.3, 0.4) is 0 Å². The van der Waals surface area contributed by atoms with E-state index in [4.69, 9.17) is 11.6 Å². The van der Waals surface area contributed by atoms with Gasteiger partial charge in [0.25, 0.3) is 11.8 Å². The van der Waals surface area contributed by atoms with E-state index in [1.807, 2.05) is 16.5 Å². The van der Waals surface area contributed by atoms with Gasteiger partial charge in [-0.1, -0.05) is 24.1 Å². The van der Waals surface area contributed by atoms with Crippen LogP contribution in [0.5, 0.6) is 0 Å². The highest BCUT2D eigenvalue weighted by Crippen LogP contribution is 2.23. The number of amides is 2. The van der Waals surface area contributed by atoms with Gasteiger partial charge in [-0.05, 0) is 42.5 Å². The molecule has 1 aliphatic rings. The third-order valence-electron chi connectivity index (χ3n) is 3.84. The van der Waals surface area contributed by atoms with Crippen LogP contribution in [-0.4, -0.2) is 29.9 Å². The van der Waals surface area contributed by atoms with Crippen molar-refractivity contribution >= 4 is 40.4 Å². The van der Waals surface area contributed by atoms with Gasteiger partial charge in [0.2, 0.25) is 0 Å². The Bertz CT molecular complexity index is 727. The van der Waals surface area contributed by atoms with Gasteiger partial charge in [-0.15, -0.1) is 11.3 Å². The molecule has 1 aliphatic heterocycles. The van der Waals surface area contributed by atoms with Crippen molar-refractivity contribution in [3.8, 4) is 0 Å². The van der Waals surface area contributed by atoms with Crippen LogP contribution in [0.2, 0.25) is 5.02 Å². The van der Waals surface area contributed by atoms with E-state index in [1.54, 1.807) is 24.3 Å². The molecule has 1 fully saturated rings. The van der Waals surface area contributed by atoms with Crippen molar-refractivity contribution in [2.75, 3.05) is 18.4 Å². The smallest absolute Gasteiger partial charge is 0.267 e. The van der Waals surface area contributed by atoms with E-state index >= 15 is 0 Å². The highest BCUT2D eigenvalue weighted by atomic mass is 35.5. The fourth-order valence-corrected chi connectivity index (χ4v) is 3.41. The topological polar surface area (TPSA) is 61.4 Å². The number of halogens is 1. The number of hydrazine groups is 1. The van der Waals surface area contributed by atoms with Gasteiger partial charge in [-0.3, -0.25) is 15.0 Å². The third-order valence-corrected chi connectivity index (χ3v) is 4.94. The van der Waals surface area contributed by atoms with Gasteiger partial charge in [-0.2, -0.15) is 0 Å². The minimum Gasteiger partial charge on any atom is -0.320 e. The first kappa shape index (κ1) is 17.0. The molecule has 24 heavy (non-hydrogen) atoms. The zero-order valence-electron chi connectivity index (χ0n) is 13.0. The van der Waals surface area contributed by atoms with Gasteiger partial charge in [0.15, 0.2) is 0 Å². The Labute approximate surface area is 149 Å². The lowest BCUT2D eigenvalue weighted by Gasteiger charge is -2.27. The molecule has 2 aromatic rings. The molecule has 1 aromatic heterocycles. The summed E-state index contributed by atoms with van der Waals surface area (Å²) in [7, 11) is 0. The zero-order chi connectivity index (χ0) is 16.9. The second-order valence-electron chi connectivity index (χ2n) is 5.61. The summed E-state index contributed by atoms with van der Waals surface area (Å²) in [6, 6.07) is 8.41. The molecule has 0 unspecified atom stereocenters. The van der Waals surface area contributed by atoms with Gasteiger partial charge in [0, 0.05) is 18.1 Å². The van der Waals surface area contributed by atoms with Crippen molar-refractivity contribution in [1.82, 2.24) is 10.4 Å². The molecular weight excluding hydrogens is 346 g/mol. The number of anilines is 1. The van der Waals surface area contributed by atoms with Crippen molar-refractivity contribution in [2.45, 2.75) is 19.3 Å². The van der Waals surface area contributed by atoms with Crippen LogP contribution in [0, 0.1) is 0 Å². The van der Waals surface area contributed by atoms with Crippen molar-refractivity contribution < 1.29 is 9.59 Å². The lowest BCUT2D eigenvalue weighted by Crippen LogP contribution is -2.45. The number of rotatable bonds is 4. The number of carbonyl (C=O) groups excluding carboxylic acids is 2. The molecule has 0 spiro atoms. The number of hydrogen-bond acceptors (Lipinski definition) is 4. The number of carbonyl (C=O) groups is 2. The fourth-order valence-electron chi connectivity index (χ4n) is 2.62. The Morgan fingerprint density at radius 3 is 2.58 bits per heavy atom. The standard InChI is InChI=1S/C17H18ClN3O2S/c18-12-6-7-13(16(22)20-21-8-2-1-3-9-21)14(11-12)19-17(23)15-5-4-10-24-15/h4-7,10-11H,1-3,8-9H2,(H,19,23)(H,20,22). The van der Waals surface area contributed by atoms with Gasteiger partial charge in [0.1, 0.15) is 0 Å². The van der Waals surface area contributed by atoms with Crippen LogP contribution in [0.1, 0.15) is 39.3 Å². The largest absolute Gasteiger partial charge is 0.320 e. The molecule has 7 heteroatoms. The van der Waals surface area contributed by atoms with E-state index in [1.165, 1.54) is 17.8 Å². The van der Waals surface area contributed by atoms with E-state index in [0.29, 0.717) is 21.2 Å². The number of thiophene rings is 1. The fraction of sp³-hybridized carbons (Fsp3) is 0.294. The predicted octanol–water partition coefficient (Wildman–Crippen LogP) is 3.78. The summed E-state index contributed by atoms with van der Waals surface area (Å²) in [5.41, 5.74) is 3.72. The first-order chi connectivity index (χ1) is 11.6. The summed E-state index contributed by atoms with van der Waals surface area (Å²) < 4.78 is 0. The summed E-state index contributed by atoms with van der Waals surface area (Å²) >= 11 is 7.37. The molecule has 3 rings (SSSR count). The van der Waals surface area contributed by atoms with Gasteiger partial charge in [0.05, 0.1) is 16.1 Å². The quantitative estimate of drug-likeness (QED) is 0.868. The van der Waals surface area contributed by atoms with Gasteiger partial charge < -0.3 is 5.32 Å². The van der Waals surface area contributed by atoms with Crippen LogP contribution in [0.4, 0.5) is 5.69 Å². The number of nitrogens with zero attached hydrogens (tertiary/aromatic N) is 1. The van der Waals surface area contributed by atoms with Gasteiger partial charge in [-0.25, -0.2) is 5.01 Å². The van der Waals surface area contributed by atoms with E-state index in [-0.39, 0.29) is 11.8 Å². The second-order valence-corrected chi connectivity index (χ2v) is 6.99. The molecular formula is C17H18ClN3O2S. The Kier molecular flexibility index (Phi) is 5.50. The lowest BCUT2D eigenvalue weighted by atomic mass is 10.1. The summed E-state index contributed by atoms with van der Waals surface area (Å²) in [6.45, 7) is 1.69. The summed E-state index contributed by atoms with van der Waals surface area (Å²) in [4.78, 5) is 25.4. The summed E-state index contributed by atoms with van der Waals surface area (Å²) in [5.74, 6) is -0.491. The number of nitrogens with one attached hydrogen (secondary N) is 2. The molecule has 1 aromatic carbocycles. The minimum absolute atomic E-state index is 0.241. The maximum Gasteiger partial charge on any atom is 0.267 e. The Balaban J connectivity index is 1.77. The molecule has 2 heterocycles. The van der Waals surface area contributed by atoms with Crippen LogP contribution < -0.4 is 10.7 Å². The number of benzene rings is 1. The molecule has 2 N–H and O–H groups in total. The molecule has 0 radical (unpaired) electrons. The summed E-state index contributed by atoms with van der Waals surface area (Å²) in [5, 5.41) is 7.00. The molecule has 1 saturated heterocycles. The molecule has 0 bridgehead atoms. The normalized spacial score (nSPS) is 15.0. The highest BCUT2D eigenvalue weighted by molar-refractivity contribution is 7.12. The molecule has 126 valence electrons. The maximum absolute atomic E-state index is 12.6. The maximum atomic E-state index is 12.6. The van der Waals surface area contributed by atoms with E-state index in [0.717, 1.165) is 25.9 Å². The third kappa shape index (κ3) is 4.14. The molecule has 5 nitrogen and oxygen atoms in total. The average Bonchev–Trinajstić information content (AvgIpc) is 3.10. The Morgan fingerprint density at radius 2 is 1.88 bits per heavy atom. The summed E-state index contributed by atoms with van der Waals surface area (Å²) in [6.07, 6.45) is 3.33. The Hall–Kier alpha value is -1.89. The average molecular weight is 364 g/mol. The highest BCUT2D eigenvalue weighted by Gasteiger charge is 2.18. The monoisotopic (exact) mass is 363 g/mol. The van der Waals surface area contributed by atoms with Crippen molar-refractivity contribution in [1.29, 1.82) is 0 Å². The number of piperidine rings is 1. The van der Waals surface area contributed by atoms with Crippen molar-refractivity contribution in [2.24, 2.45) is 0 Å². The van der Waals surface area contributed by atoms with Crippen LogP contribution in [0.25, 0.3) is 0 Å². The van der Waals surface area contributed by atoms with E-state index < -0.39 is 0 Å². The van der Waals surface area contributed by atoms with Crippen LogP contribution in [0.15, 0.2) is 35.7 Å². The number of hydrogen-bond donors (Lipinski definition) is 2. The van der Waals surface area contributed by atoms with Crippen LogP contribution >= 0.6 is 22.9 Å². The van der Waals surface area contributed by atoms with Crippen molar-refractivity contribution in [3.05, 3.63) is 51.2 Å². The van der Waals surface area contributed by atoms with Gasteiger partial charge >= 0.3 is 0 Å². The molecule has 0 aliphatic carbocycles. The van der Waals surface area contributed by atoms with E-state index in [9.17, 15) is 9.59 Å². The predicted molar refractivity (Wildman–Crippen MR) is 96.6 cm³/mol. The lowest BCUT2D eigenvalue weighted by molar-refractivity contribution is 0.0751. The Morgan fingerprint density at radius 1 is 1.08 bits per heavy atom. The second kappa shape index (κ2) is 7.79. The van der Waals surface area contributed by atoms with Crippen molar-refractivity contribution in [3.63, 3.8) is 0 Å². The van der Waals surface area contributed by atoms with E-state index in [2.05, 4.69) is 10.7 Å². The zero-order valence-corrected chi connectivity index (χ0v) is 14.6. The molecule has 0 saturated carbocycles.